The van der Waals surface area contributed by atoms with Crippen LogP contribution >= 0.6 is 8.60 Å². The van der Waals surface area contributed by atoms with Gasteiger partial charge in [-0.25, -0.2) is 0 Å². The molecule has 0 radical (unpaired) electrons. The van der Waals surface area contributed by atoms with Crippen LogP contribution in [0.2, 0.25) is 0 Å². The first kappa shape index (κ1) is 20.4. The molecule has 0 saturated heterocycles. The summed E-state index contributed by atoms with van der Waals surface area (Å²) in [5.41, 5.74) is 1.28. The molecule has 3 nitrogen and oxygen atoms in total. The molecule has 1 rings (SSSR count). The Morgan fingerprint density at radius 1 is 0.950 bits per heavy atom. The molecule has 0 bridgehead atoms. The van der Waals surface area contributed by atoms with E-state index in [0.29, 0.717) is 5.75 Å². The number of aryl methyl sites for hydroxylation is 1. The smallest absolute Gasteiger partial charge is 1.00 e. The third-order valence-corrected chi connectivity index (χ3v) is 3.55. The summed E-state index contributed by atoms with van der Waals surface area (Å²) in [6.45, 7) is 2.24. The third kappa shape index (κ3) is 10.1. The standard InChI is InChI=1S/C15H25O3P.Na.H/c1-2-3-4-5-6-7-8-9-14-10-12-15(13-11-14)18-19(16)17;;/h10-13,16-17H,2-9H2,1H3;;/q;+1;-1. The minimum Gasteiger partial charge on any atom is -1.00 e. The van der Waals surface area contributed by atoms with Gasteiger partial charge in [-0.05, 0) is 30.5 Å². The monoisotopic (exact) mass is 308 g/mol. The Bertz CT molecular complexity index is 336. The molecule has 0 aromatic heterocycles. The molecule has 0 aliphatic carbocycles. The van der Waals surface area contributed by atoms with Crippen molar-refractivity contribution in [3.05, 3.63) is 29.8 Å². The molecule has 2 N–H and O–H groups in total. The van der Waals surface area contributed by atoms with E-state index in [1.807, 2.05) is 12.1 Å². The molecule has 20 heavy (non-hydrogen) atoms. The van der Waals surface area contributed by atoms with Gasteiger partial charge >= 0.3 is 38.2 Å². The first-order valence-electron chi connectivity index (χ1n) is 7.17. The van der Waals surface area contributed by atoms with Crippen LogP contribution in [-0.2, 0) is 6.42 Å². The molecule has 0 amide bonds. The number of benzene rings is 1. The van der Waals surface area contributed by atoms with E-state index in [-0.39, 0.29) is 31.0 Å². The van der Waals surface area contributed by atoms with Crippen molar-refractivity contribution in [2.24, 2.45) is 0 Å². The minimum atomic E-state index is -2.31. The molecular formula is C15H26NaO3P. The van der Waals surface area contributed by atoms with Gasteiger partial charge in [0.15, 0.2) is 0 Å². The van der Waals surface area contributed by atoms with Crippen molar-refractivity contribution < 1.29 is 45.3 Å². The fraction of sp³-hybridized carbons (Fsp3) is 0.600. The van der Waals surface area contributed by atoms with E-state index in [9.17, 15) is 0 Å². The first-order chi connectivity index (χ1) is 9.22. The van der Waals surface area contributed by atoms with Crippen LogP contribution in [0.4, 0.5) is 0 Å². The Hall–Kier alpha value is 0.370. The van der Waals surface area contributed by atoms with Gasteiger partial charge in [-0.2, -0.15) is 0 Å². The van der Waals surface area contributed by atoms with Gasteiger partial charge in [-0.15, -0.1) is 0 Å². The van der Waals surface area contributed by atoms with Crippen molar-refractivity contribution in [1.29, 1.82) is 0 Å². The van der Waals surface area contributed by atoms with Crippen LogP contribution in [0.1, 0.15) is 58.9 Å². The molecule has 0 aliphatic heterocycles. The van der Waals surface area contributed by atoms with E-state index in [1.165, 1.54) is 50.5 Å². The van der Waals surface area contributed by atoms with Gasteiger partial charge < -0.3 is 15.7 Å². The molecule has 0 atom stereocenters. The maximum absolute atomic E-state index is 8.74. The minimum absolute atomic E-state index is 0. The summed E-state index contributed by atoms with van der Waals surface area (Å²) in [4.78, 5) is 17.5. The summed E-state index contributed by atoms with van der Waals surface area (Å²) in [7, 11) is -2.31. The summed E-state index contributed by atoms with van der Waals surface area (Å²) >= 11 is 0. The topological polar surface area (TPSA) is 49.7 Å². The first-order valence-corrected chi connectivity index (χ1v) is 8.33. The quantitative estimate of drug-likeness (QED) is 0.393. The summed E-state index contributed by atoms with van der Waals surface area (Å²) in [6, 6.07) is 7.56. The molecule has 1 aromatic rings. The zero-order valence-electron chi connectivity index (χ0n) is 13.7. The van der Waals surface area contributed by atoms with E-state index >= 15 is 0 Å². The molecule has 0 spiro atoms. The van der Waals surface area contributed by atoms with Gasteiger partial charge in [0.1, 0.15) is 5.75 Å². The van der Waals surface area contributed by atoms with Crippen molar-refractivity contribution in [2.75, 3.05) is 0 Å². The van der Waals surface area contributed by atoms with Gasteiger partial charge in [0.05, 0.1) is 0 Å². The Kier molecular flexibility index (Phi) is 13.3. The second kappa shape index (κ2) is 13.1. The van der Waals surface area contributed by atoms with Crippen LogP contribution in [0.5, 0.6) is 5.75 Å². The fourth-order valence-corrected chi connectivity index (χ4v) is 2.41. The summed E-state index contributed by atoms with van der Waals surface area (Å²) in [6.07, 6.45) is 10.3. The van der Waals surface area contributed by atoms with Crippen molar-refractivity contribution in [3.63, 3.8) is 0 Å². The average molecular weight is 308 g/mol. The maximum Gasteiger partial charge on any atom is 1.00 e. The Morgan fingerprint density at radius 2 is 1.50 bits per heavy atom. The van der Waals surface area contributed by atoms with E-state index in [2.05, 4.69) is 6.92 Å². The van der Waals surface area contributed by atoms with Crippen LogP contribution in [0.15, 0.2) is 24.3 Å². The number of hydrogen-bond acceptors (Lipinski definition) is 3. The molecule has 0 unspecified atom stereocenters. The third-order valence-electron chi connectivity index (χ3n) is 3.18. The zero-order chi connectivity index (χ0) is 13.9. The molecular weight excluding hydrogens is 282 g/mol. The molecule has 0 saturated carbocycles. The van der Waals surface area contributed by atoms with Gasteiger partial charge in [0.25, 0.3) is 0 Å². The Labute approximate surface area is 147 Å². The predicted octanol–water partition coefficient (Wildman–Crippen LogP) is 1.69. The molecule has 110 valence electrons. The van der Waals surface area contributed by atoms with Crippen LogP contribution in [0.3, 0.4) is 0 Å². The second-order valence-corrected chi connectivity index (χ2v) is 5.55. The molecule has 5 heteroatoms. The Balaban J connectivity index is 0. The maximum atomic E-state index is 8.74. The zero-order valence-corrected chi connectivity index (χ0v) is 15.6. The van der Waals surface area contributed by atoms with Gasteiger partial charge in [0, 0.05) is 0 Å². The van der Waals surface area contributed by atoms with E-state index in [1.54, 1.807) is 12.1 Å². The normalized spacial score (nSPS) is 10.4. The van der Waals surface area contributed by atoms with Crippen molar-refractivity contribution in [2.45, 2.75) is 58.3 Å². The summed E-state index contributed by atoms with van der Waals surface area (Å²) < 4.78 is 4.83. The van der Waals surface area contributed by atoms with Crippen LogP contribution in [0, 0.1) is 0 Å². The predicted molar refractivity (Wildman–Crippen MR) is 81.2 cm³/mol. The molecule has 0 aliphatic rings. The molecule has 1 aromatic carbocycles. The summed E-state index contributed by atoms with van der Waals surface area (Å²) in [5.74, 6) is 0.513. The SMILES string of the molecule is CCCCCCCCCc1ccc(OP(O)O)cc1.[H-].[Na+]. The van der Waals surface area contributed by atoms with E-state index in [4.69, 9.17) is 14.3 Å². The number of unbranched alkanes of at least 4 members (excludes halogenated alkanes) is 6. The van der Waals surface area contributed by atoms with Crippen molar-refractivity contribution in [1.82, 2.24) is 0 Å². The number of rotatable bonds is 10. The van der Waals surface area contributed by atoms with Crippen molar-refractivity contribution in [3.8, 4) is 5.75 Å². The Morgan fingerprint density at radius 3 is 2.05 bits per heavy atom. The second-order valence-electron chi connectivity index (χ2n) is 4.86. The average Bonchev–Trinajstić information content (AvgIpc) is 2.39. The molecule has 0 heterocycles. The largest absolute Gasteiger partial charge is 1.00 e. The molecule has 0 fully saturated rings. The number of hydrogen-bond donors (Lipinski definition) is 2. The summed E-state index contributed by atoms with van der Waals surface area (Å²) in [5, 5.41) is 0. The van der Waals surface area contributed by atoms with Crippen molar-refractivity contribution >= 4 is 8.60 Å². The van der Waals surface area contributed by atoms with Gasteiger partial charge in [-0.3, -0.25) is 0 Å². The van der Waals surface area contributed by atoms with Gasteiger partial charge in [-0.1, -0.05) is 57.6 Å². The van der Waals surface area contributed by atoms with Crippen LogP contribution in [-0.4, -0.2) is 9.79 Å². The van der Waals surface area contributed by atoms with Crippen LogP contribution < -0.4 is 34.1 Å². The van der Waals surface area contributed by atoms with Gasteiger partial charge in [0.2, 0.25) is 0 Å². The van der Waals surface area contributed by atoms with Crippen LogP contribution in [0.25, 0.3) is 0 Å². The van der Waals surface area contributed by atoms with E-state index in [0.717, 1.165) is 6.42 Å². The van der Waals surface area contributed by atoms with E-state index < -0.39 is 8.60 Å². The fourth-order valence-electron chi connectivity index (χ4n) is 2.10.